The molecule has 0 aliphatic rings. The van der Waals surface area contributed by atoms with Gasteiger partial charge in [-0.1, -0.05) is 11.6 Å². The van der Waals surface area contributed by atoms with Crippen molar-refractivity contribution in [1.82, 2.24) is 9.97 Å². The van der Waals surface area contributed by atoms with E-state index < -0.39 is 0 Å². The summed E-state index contributed by atoms with van der Waals surface area (Å²) >= 11 is 6.04. The molecule has 1 aromatic rings. The van der Waals surface area contributed by atoms with Crippen molar-refractivity contribution in [2.75, 3.05) is 17.2 Å². The highest BCUT2D eigenvalue weighted by atomic mass is 35.5. The number of rotatable bonds is 4. The summed E-state index contributed by atoms with van der Waals surface area (Å²) in [5, 5.41) is 8.94. The van der Waals surface area contributed by atoms with Gasteiger partial charge in [-0.25, -0.2) is 9.97 Å². The Hall–Kier alpha value is -1.54. The molecule has 0 saturated carbocycles. The lowest BCUT2D eigenvalue weighted by Crippen LogP contribution is -2.32. The van der Waals surface area contributed by atoms with E-state index in [1.165, 1.54) is 6.33 Å². The Morgan fingerprint density at radius 1 is 1.56 bits per heavy atom. The van der Waals surface area contributed by atoms with Gasteiger partial charge in [0.2, 0.25) is 0 Å². The molecule has 1 rings (SSSR count). The summed E-state index contributed by atoms with van der Waals surface area (Å²) in [7, 11) is 0. The molecule has 0 aliphatic carbocycles. The fourth-order valence-electron chi connectivity index (χ4n) is 1.35. The van der Waals surface area contributed by atoms with Gasteiger partial charge < -0.3 is 10.6 Å². The van der Waals surface area contributed by atoms with E-state index in [1.54, 1.807) is 0 Å². The monoisotopic (exact) mass is 239 g/mol. The minimum absolute atomic E-state index is 0.195. The summed E-state index contributed by atoms with van der Waals surface area (Å²) in [5.41, 5.74) is 5.61. The molecule has 0 fully saturated rings. The Bertz CT molecular complexity index is 399. The largest absolute Gasteiger partial charge is 0.382 e. The van der Waals surface area contributed by atoms with Crippen LogP contribution in [0, 0.1) is 11.3 Å². The fourth-order valence-corrected chi connectivity index (χ4v) is 1.56. The molecule has 0 bridgehead atoms. The molecule has 5 nitrogen and oxygen atoms in total. The average molecular weight is 240 g/mol. The third-order valence-corrected chi connectivity index (χ3v) is 2.52. The number of hydrogen-bond acceptors (Lipinski definition) is 5. The molecule has 6 heteroatoms. The normalized spacial score (nSPS) is 10.2. The zero-order valence-electron chi connectivity index (χ0n) is 9.31. The molecule has 0 atom stereocenters. The van der Waals surface area contributed by atoms with Crippen molar-refractivity contribution < 1.29 is 0 Å². The van der Waals surface area contributed by atoms with Gasteiger partial charge in [-0.05, 0) is 13.8 Å². The van der Waals surface area contributed by atoms with Crippen molar-refractivity contribution in [3.63, 3.8) is 0 Å². The SMILES string of the molecule is CC(C)N(CCC#N)c1ncnc(N)c1Cl. The predicted molar refractivity (Wildman–Crippen MR) is 64.2 cm³/mol. The van der Waals surface area contributed by atoms with Gasteiger partial charge in [0.05, 0.1) is 12.5 Å². The minimum Gasteiger partial charge on any atom is -0.382 e. The topological polar surface area (TPSA) is 78.8 Å². The van der Waals surface area contributed by atoms with E-state index in [4.69, 9.17) is 22.6 Å². The molecule has 16 heavy (non-hydrogen) atoms. The first-order valence-corrected chi connectivity index (χ1v) is 5.35. The number of nitrogen functional groups attached to an aromatic ring is 1. The number of anilines is 2. The summed E-state index contributed by atoms with van der Waals surface area (Å²) < 4.78 is 0. The zero-order chi connectivity index (χ0) is 12.1. The van der Waals surface area contributed by atoms with E-state index in [-0.39, 0.29) is 11.9 Å². The maximum atomic E-state index is 8.60. The van der Waals surface area contributed by atoms with Crippen molar-refractivity contribution in [2.24, 2.45) is 0 Å². The summed E-state index contributed by atoms with van der Waals surface area (Å²) in [4.78, 5) is 9.85. The summed E-state index contributed by atoms with van der Waals surface area (Å²) in [6.07, 6.45) is 1.79. The van der Waals surface area contributed by atoms with Crippen LogP contribution in [0.5, 0.6) is 0 Å². The highest BCUT2D eigenvalue weighted by Gasteiger charge is 2.16. The maximum absolute atomic E-state index is 8.60. The molecule has 0 spiro atoms. The number of halogens is 1. The lowest BCUT2D eigenvalue weighted by Gasteiger charge is -2.27. The summed E-state index contributed by atoms with van der Waals surface area (Å²) in [6, 6.07) is 2.29. The lowest BCUT2D eigenvalue weighted by atomic mass is 10.3. The number of aromatic nitrogens is 2. The van der Waals surface area contributed by atoms with E-state index in [9.17, 15) is 0 Å². The van der Waals surface area contributed by atoms with Gasteiger partial charge in [-0.2, -0.15) is 5.26 Å². The zero-order valence-corrected chi connectivity index (χ0v) is 10.1. The average Bonchev–Trinajstić information content (AvgIpc) is 2.24. The van der Waals surface area contributed by atoms with Crippen LogP contribution >= 0.6 is 11.6 Å². The number of nitrogens with zero attached hydrogens (tertiary/aromatic N) is 4. The van der Waals surface area contributed by atoms with Crippen molar-refractivity contribution in [2.45, 2.75) is 26.3 Å². The van der Waals surface area contributed by atoms with Crippen LogP contribution in [0.2, 0.25) is 5.02 Å². The third-order valence-electron chi connectivity index (χ3n) is 2.16. The lowest BCUT2D eigenvalue weighted by molar-refractivity contribution is 0.676. The number of nitriles is 1. The molecule has 0 aliphatic heterocycles. The van der Waals surface area contributed by atoms with Gasteiger partial charge in [0.15, 0.2) is 5.82 Å². The molecule has 1 heterocycles. The van der Waals surface area contributed by atoms with Gasteiger partial charge in [0, 0.05) is 12.6 Å². The van der Waals surface area contributed by atoms with Gasteiger partial charge >= 0.3 is 0 Å². The Morgan fingerprint density at radius 2 is 2.25 bits per heavy atom. The van der Waals surface area contributed by atoms with Crippen molar-refractivity contribution >= 4 is 23.2 Å². The predicted octanol–water partition coefficient (Wildman–Crippen LogP) is 1.84. The van der Waals surface area contributed by atoms with Crippen LogP contribution in [0.4, 0.5) is 11.6 Å². The highest BCUT2D eigenvalue weighted by Crippen LogP contribution is 2.28. The van der Waals surface area contributed by atoms with E-state index in [0.717, 1.165) is 0 Å². The van der Waals surface area contributed by atoms with Crippen LogP contribution in [-0.2, 0) is 0 Å². The van der Waals surface area contributed by atoms with E-state index >= 15 is 0 Å². The van der Waals surface area contributed by atoms with Crippen molar-refractivity contribution in [3.8, 4) is 6.07 Å². The van der Waals surface area contributed by atoms with Crippen LogP contribution in [0.25, 0.3) is 0 Å². The molecule has 0 saturated heterocycles. The minimum atomic E-state index is 0.195. The third kappa shape index (κ3) is 2.74. The maximum Gasteiger partial charge on any atom is 0.153 e. The van der Waals surface area contributed by atoms with E-state index in [1.807, 2.05) is 18.7 Å². The van der Waals surface area contributed by atoms with E-state index in [0.29, 0.717) is 23.8 Å². The highest BCUT2D eigenvalue weighted by molar-refractivity contribution is 6.35. The Balaban J connectivity index is 3.02. The Labute approximate surface area is 99.9 Å². The molecule has 0 amide bonds. The van der Waals surface area contributed by atoms with E-state index in [2.05, 4.69) is 16.0 Å². The van der Waals surface area contributed by atoms with Gasteiger partial charge in [0.25, 0.3) is 0 Å². The van der Waals surface area contributed by atoms with Crippen LogP contribution in [0.1, 0.15) is 20.3 Å². The van der Waals surface area contributed by atoms with Gasteiger partial charge in [-0.15, -0.1) is 0 Å². The van der Waals surface area contributed by atoms with Crippen LogP contribution < -0.4 is 10.6 Å². The first-order valence-electron chi connectivity index (χ1n) is 4.97. The second-order valence-electron chi connectivity index (χ2n) is 3.59. The molecule has 86 valence electrons. The van der Waals surface area contributed by atoms with Crippen LogP contribution in [0.3, 0.4) is 0 Å². The Morgan fingerprint density at radius 3 is 2.81 bits per heavy atom. The molecular formula is C10H14ClN5. The summed E-state index contributed by atoms with van der Waals surface area (Å²) in [5.74, 6) is 0.841. The van der Waals surface area contributed by atoms with Crippen LogP contribution in [0.15, 0.2) is 6.33 Å². The molecule has 0 unspecified atom stereocenters. The molecular weight excluding hydrogens is 226 g/mol. The molecule has 1 aromatic heterocycles. The molecule has 0 aromatic carbocycles. The number of hydrogen-bond donors (Lipinski definition) is 1. The Kier molecular flexibility index (Phi) is 4.32. The van der Waals surface area contributed by atoms with Crippen LogP contribution in [-0.4, -0.2) is 22.6 Å². The standard InChI is InChI=1S/C10H14ClN5/c1-7(2)16(5-3-4-12)10-8(11)9(13)14-6-15-10/h6-7H,3,5H2,1-2H3,(H2,13,14,15). The second-order valence-corrected chi connectivity index (χ2v) is 3.97. The fraction of sp³-hybridized carbons (Fsp3) is 0.500. The first kappa shape index (κ1) is 12.5. The summed E-state index contributed by atoms with van der Waals surface area (Å²) in [6.45, 7) is 4.59. The smallest absolute Gasteiger partial charge is 0.153 e. The number of nitrogens with two attached hydrogens (primary N) is 1. The van der Waals surface area contributed by atoms with Crippen molar-refractivity contribution in [1.29, 1.82) is 5.26 Å². The van der Waals surface area contributed by atoms with Gasteiger partial charge in [0.1, 0.15) is 17.2 Å². The first-order chi connectivity index (χ1) is 7.57. The molecule has 2 N–H and O–H groups in total. The molecule has 0 radical (unpaired) electrons. The second kappa shape index (κ2) is 5.52. The quantitative estimate of drug-likeness (QED) is 0.867. The van der Waals surface area contributed by atoms with Crippen molar-refractivity contribution in [3.05, 3.63) is 11.3 Å². The van der Waals surface area contributed by atoms with Gasteiger partial charge in [-0.3, -0.25) is 0 Å².